The van der Waals surface area contributed by atoms with E-state index in [4.69, 9.17) is 4.74 Å². The second-order valence-electron chi connectivity index (χ2n) is 8.30. The van der Waals surface area contributed by atoms with Crippen LogP contribution in [0.1, 0.15) is 48.4 Å². The van der Waals surface area contributed by atoms with E-state index in [2.05, 4.69) is 40.5 Å². The Morgan fingerprint density at radius 3 is 2.72 bits per heavy atom. The number of hydrogen-bond donors (Lipinski definition) is 1. The van der Waals surface area contributed by atoms with Gasteiger partial charge in [-0.25, -0.2) is 0 Å². The average molecular weight is 393 g/mol. The first-order chi connectivity index (χ1) is 14.2. The summed E-state index contributed by atoms with van der Waals surface area (Å²) in [6.45, 7) is 5.67. The molecule has 0 aromatic heterocycles. The summed E-state index contributed by atoms with van der Waals surface area (Å²) in [7, 11) is 0. The van der Waals surface area contributed by atoms with Crippen LogP contribution in [-0.2, 0) is 30.6 Å². The molecule has 0 saturated carbocycles. The lowest BCUT2D eigenvalue weighted by molar-refractivity contribution is -0.127. The van der Waals surface area contributed by atoms with E-state index < -0.39 is 6.10 Å². The maximum absolute atomic E-state index is 12.5. The van der Waals surface area contributed by atoms with Crippen molar-refractivity contribution in [1.82, 2.24) is 10.2 Å². The number of aryl methyl sites for hydroxylation is 1. The maximum atomic E-state index is 12.5. The van der Waals surface area contributed by atoms with Gasteiger partial charge in [0.25, 0.3) is 5.91 Å². The van der Waals surface area contributed by atoms with Gasteiger partial charge >= 0.3 is 0 Å². The minimum Gasteiger partial charge on any atom is -0.481 e. The number of hydrogen-bond acceptors (Lipinski definition) is 3. The minimum atomic E-state index is -0.467. The van der Waals surface area contributed by atoms with Gasteiger partial charge in [-0.05, 0) is 73.8 Å². The maximum Gasteiger partial charge on any atom is 0.260 e. The summed E-state index contributed by atoms with van der Waals surface area (Å²) in [5.74, 6) is 0.860. The fourth-order valence-corrected chi connectivity index (χ4v) is 4.50. The van der Waals surface area contributed by atoms with E-state index in [1.807, 2.05) is 19.1 Å². The fourth-order valence-electron chi connectivity index (χ4n) is 4.50. The van der Waals surface area contributed by atoms with Crippen molar-refractivity contribution in [3.05, 3.63) is 64.7 Å². The van der Waals surface area contributed by atoms with E-state index in [9.17, 15) is 4.79 Å². The largest absolute Gasteiger partial charge is 0.481 e. The second-order valence-corrected chi connectivity index (χ2v) is 8.30. The van der Waals surface area contributed by atoms with E-state index >= 15 is 0 Å². The first kappa shape index (κ1) is 20.0. The molecular formula is C25H32N2O2. The Bertz CT molecular complexity index is 848. The number of ether oxygens (including phenoxy) is 1. The summed E-state index contributed by atoms with van der Waals surface area (Å²) in [5.41, 5.74) is 5.59. The Balaban J connectivity index is 1.20. The van der Waals surface area contributed by atoms with Gasteiger partial charge < -0.3 is 10.1 Å². The average Bonchev–Trinajstić information content (AvgIpc) is 2.76. The highest BCUT2D eigenvalue weighted by Gasteiger charge is 2.19. The number of nitrogens with one attached hydrogen (secondary N) is 1. The predicted molar refractivity (Wildman–Crippen MR) is 116 cm³/mol. The number of rotatable bonds is 7. The first-order valence-electron chi connectivity index (χ1n) is 11.0. The molecule has 0 radical (unpaired) electrons. The molecule has 154 valence electrons. The van der Waals surface area contributed by atoms with Crippen LogP contribution < -0.4 is 10.1 Å². The zero-order valence-electron chi connectivity index (χ0n) is 17.5. The fraction of sp³-hybridized carbons (Fsp3) is 0.480. The van der Waals surface area contributed by atoms with Gasteiger partial charge in [0, 0.05) is 26.2 Å². The lowest BCUT2D eigenvalue weighted by atomic mass is 9.91. The van der Waals surface area contributed by atoms with Crippen LogP contribution in [0.2, 0.25) is 0 Å². The van der Waals surface area contributed by atoms with E-state index in [1.165, 1.54) is 35.1 Å². The van der Waals surface area contributed by atoms with Crippen LogP contribution >= 0.6 is 0 Å². The quantitative estimate of drug-likeness (QED) is 0.727. The highest BCUT2D eigenvalue weighted by Crippen LogP contribution is 2.30. The van der Waals surface area contributed by atoms with Crippen molar-refractivity contribution in [3.8, 4) is 5.75 Å². The summed E-state index contributed by atoms with van der Waals surface area (Å²) < 4.78 is 6.04. The molecule has 29 heavy (non-hydrogen) atoms. The Labute approximate surface area is 174 Å². The zero-order chi connectivity index (χ0) is 20.1. The molecule has 1 aliphatic heterocycles. The van der Waals surface area contributed by atoms with Gasteiger partial charge in [0.2, 0.25) is 0 Å². The summed E-state index contributed by atoms with van der Waals surface area (Å²) in [6.07, 6.45) is 6.23. The van der Waals surface area contributed by atoms with Crippen molar-refractivity contribution >= 4 is 5.91 Å². The van der Waals surface area contributed by atoms with Crippen LogP contribution in [0.25, 0.3) is 0 Å². The second kappa shape index (κ2) is 9.45. The van der Waals surface area contributed by atoms with Gasteiger partial charge in [0.15, 0.2) is 6.10 Å². The van der Waals surface area contributed by atoms with Gasteiger partial charge in [0.05, 0.1) is 0 Å². The SMILES string of the molecule is C[C@@H](Oc1cccc2c1CCCC2)C(=O)NCCCN1CCc2ccccc2C1. The Morgan fingerprint density at radius 2 is 1.83 bits per heavy atom. The van der Waals surface area contributed by atoms with E-state index in [-0.39, 0.29) is 5.91 Å². The molecular weight excluding hydrogens is 360 g/mol. The number of nitrogens with zero attached hydrogens (tertiary/aromatic N) is 1. The third-order valence-corrected chi connectivity index (χ3v) is 6.19. The first-order valence-corrected chi connectivity index (χ1v) is 11.0. The monoisotopic (exact) mass is 392 g/mol. The van der Waals surface area contributed by atoms with Crippen LogP contribution in [0, 0.1) is 0 Å². The van der Waals surface area contributed by atoms with Crippen LogP contribution in [0.15, 0.2) is 42.5 Å². The summed E-state index contributed by atoms with van der Waals surface area (Å²) >= 11 is 0. The van der Waals surface area contributed by atoms with Gasteiger partial charge in [-0.2, -0.15) is 0 Å². The van der Waals surface area contributed by atoms with Gasteiger partial charge in [-0.1, -0.05) is 36.4 Å². The van der Waals surface area contributed by atoms with Crippen LogP contribution in [-0.4, -0.2) is 36.5 Å². The molecule has 1 atom stereocenters. The highest BCUT2D eigenvalue weighted by atomic mass is 16.5. The smallest absolute Gasteiger partial charge is 0.260 e. The molecule has 2 aromatic carbocycles. The summed E-state index contributed by atoms with van der Waals surface area (Å²) in [5, 5.41) is 3.05. The molecule has 0 bridgehead atoms. The van der Waals surface area contributed by atoms with Crippen molar-refractivity contribution in [2.24, 2.45) is 0 Å². The molecule has 0 unspecified atom stereocenters. The molecule has 1 heterocycles. The molecule has 4 nitrogen and oxygen atoms in total. The molecule has 1 amide bonds. The topological polar surface area (TPSA) is 41.6 Å². The number of amides is 1. The third-order valence-electron chi connectivity index (χ3n) is 6.19. The van der Waals surface area contributed by atoms with Crippen LogP contribution in [0.5, 0.6) is 5.75 Å². The number of carbonyl (C=O) groups excluding carboxylic acids is 1. The lowest BCUT2D eigenvalue weighted by Gasteiger charge is -2.28. The van der Waals surface area contributed by atoms with Crippen LogP contribution in [0.3, 0.4) is 0 Å². The zero-order valence-corrected chi connectivity index (χ0v) is 17.5. The molecule has 2 aliphatic rings. The van der Waals surface area contributed by atoms with Gasteiger partial charge in [-0.15, -0.1) is 0 Å². The standard InChI is InChI=1S/C25H32N2O2/c1-19(29-24-13-6-11-21-9-4-5-12-23(21)24)25(28)26-15-7-16-27-17-14-20-8-2-3-10-22(20)18-27/h2-3,6,8,10-11,13,19H,4-5,7,9,12,14-18H2,1H3,(H,26,28)/t19-/m1/s1. The number of fused-ring (bicyclic) bond motifs is 2. The molecule has 1 aliphatic carbocycles. The van der Waals surface area contributed by atoms with E-state index in [0.717, 1.165) is 51.1 Å². The van der Waals surface area contributed by atoms with Crippen molar-refractivity contribution < 1.29 is 9.53 Å². The molecule has 4 heteroatoms. The molecule has 0 spiro atoms. The van der Waals surface area contributed by atoms with E-state index in [1.54, 1.807) is 0 Å². The van der Waals surface area contributed by atoms with Crippen molar-refractivity contribution in [1.29, 1.82) is 0 Å². The van der Waals surface area contributed by atoms with Crippen molar-refractivity contribution in [2.45, 2.75) is 58.1 Å². The molecule has 0 saturated heterocycles. The van der Waals surface area contributed by atoms with E-state index in [0.29, 0.717) is 6.54 Å². The Hall–Kier alpha value is -2.33. The summed E-state index contributed by atoms with van der Waals surface area (Å²) in [4.78, 5) is 15.0. The van der Waals surface area contributed by atoms with Gasteiger partial charge in [-0.3, -0.25) is 9.69 Å². The lowest BCUT2D eigenvalue weighted by Crippen LogP contribution is -2.38. The number of carbonyl (C=O) groups is 1. The minimum absolute atomic E-state index is 0.0256. The number of benzene rings is 2. The Kier molecular flexibility index (Phi) is 6.50. The van der Waals surface area contributed by atoms with Gasteiger partial charge in [0.1, 0.15) is 5.75 Å². The van der Waals surface area contributed by atoms with Crippen LogP contribution in [0.4, 0.5) is 0 Å². The summed E-state index contributed by atoms with van der Waals surface area (Å²) in [6, 6.07) is 14.9. The molecule has 2 aromatic rings. The normalized spacial score (nSPS) is 17.1. The van der Waals surface area contributed by atoms with Crippen molar-refractivity contribution in [2.75, 3.05) is 19.6 Å². The predicted octanol–water partition coefficient (Wildman–Crippen LogP) is 3.90. The third kappa shape index (κ3) is 4.99. The molecule has 1 N–H and O–H groups in total. The molecule has 0 fully saturated rings. The molecule has 4 rings (SSSR count). The van der Waals surface area contributed by atoms with Crippen molar-refractivity contribution in [3.63, 3.8) is 0 Å². The Morgan fingerprint density at radius 1 is 1.03 bits per heavy atom. The highest BCUT2D eigenvalue weighted by molar-refractivity contribution is 5.80.